The number of rotatable bonds is 1. The SMILES string of the molecule is O=C1C=C(c2ccccc2)C(=O)N1.c1ccc2c(c1)Cc1ccccc1-2. The summed E-state index contributed by atoms with van der Waals surface area (Å²) in [4.78, 5) is 22.0. The van der Waals surface area contributed by atoms with Gasteiger partial charge in [0, 0.05) is 6.08 Å². The minimum absolute atomic E-state index is 0.323. The lowest BCUT2D eigenvalue weighted by Crippen LogP contribution is -2.21. The Morgan fingerprint density at radius 3 is 1.73 bits per heavy atom. The first-order valence-corrected chi connectivity index (χ1v) is 8.51. The van der Waals surface area contributed by atoms with Crippen molar-refractivity contribution in [3.63, 3.8) is 0 Å². The Morgan fingerprint density at radius 2 is 1.19 bits per heavy atom. The van der Waals surface area contributed by atoms with Gasteiger partial charge in [-0.15, -0.1) is 0 Å². The van der Waals surface area contributed by atoms with Crippen molar-refractivity contribution in [1.82, 2.24) is 5.32 Å². The average molecular weight is 339 g/mol. The fraction of sp³-hybridized carbons (Fsp3) is 0.0435. The molecule has 0 fully saturated rings. The predicted octanol–water partition coefficient (Wildman–Crippen LogP) is 3.98. The van der Waals surface area contributed by atoms with Gasteiger partial charge in [-0.3, -0.25) is 14.9 Å². The van der Waals surface area contributed by atoms with Gasteiger partial charge in [0.05, 0.1) is 5.57 Å². The number of carbonyl (C=O) groups is 2. The van der Waals surface area contributed by atoms with E-state index in [1.165, 1.54) is 28.3 Å². The molecule has 0 atom stereocenters. The van der Waals surface area contributed by atoms with Crippen molar-refractivity contribution >= 4 is 17.4 Å². The second kappa shape index (κ2) is 6.81. The van der Waals surface area contributed by atoms with Crippen LogP contribution in [0.5, 0.6) is 0 Å². The van der Waals surface area contributed by atoms with E-state index in [9.17, 15) is 9.59 Å². The molecule has 3 aromatic rings. The monoisotopic (exact) mass is 339 g/mol. The molecule has 1 aliphatic carbocycles. The summed E-state index contributed by atoms with van der Waals surface area (Å²) >= 11 is 0. The number of amides is 2. The van der Waals surface area contributed by atoms with Crippen LogP contribution in [0.3, 0.4) is 0 Å². The molecule has 0 spiro atoms. The van der Waals surface area contributed by atoms with Crippen LogP contribution in [0, 0.1) is 0 Å². The highest BCUT2D eigenvalue weighted by molar-refractivity contribution is 6.33. The van der Waals surface area contributed by atoms with E-state index in [1.807, 2.05) is 18.2 Å². The van der Waals surface area contributed by atoms with Crippen LogP contribution in [0.15, 0.2) is 84.9 Å². The second-order valence-electron chi connectivity index (χ2n) is 6.23. The second-order valence-corrected chi connectivity index (χ2v) is 6.23. The van der Waals surface area contributed by atoms with Gasteiger partial charge < -0.3 is 0 Å². The van der Waals surface area contributed by atoms with E-state index in [-0.39, 0.29) is 11.8 Å². The number of fused-ring (bicyclic) bond motifs is 3. The van der Waals surface area contributed by atoms with Gasteiger partial charge in [0.25, 0.3) is 11.8 Å². The molecule has 0 radical (unpaired) electrons. The highest BCUT2D eigenvalue weighted by Gasteiger charge is 2.21. The van der Waals surface area contributed by atoms with Gasteiger partial charge >= 0.3 is 0 Å². The third-order valence-electron chi connectivity index (χ3n) is 4.55. The highest BCUT2D eigenvalue weighted by Crippen LogP contribution is 2.35. The summed E-state index contributed by atoms with van der Waals surface area (Å²) < 4.78 is 0. The molecule has 0 bridgehead atoms. The average Bonchev–Trinajstić information content (AvgIpc) is 3.22. The van der Waals surface area contributed by atoms with Crippen LogP contribution in [0.1, 0.15) is 16.7 Å². The lowest BCUT2D eigenvalue weighted by molar-refractivity contribution is -0.123. The Labute approximate surface area is 152 Å². The lowest BCUT2D eigenvalue weighted by Gasteiger charge is -1.98. The van der Waals surface area contributed by atoms with Crippen LogP contribution in [-0.2, 0) is 16.0 Å². The summed E-state index contributed by atoms with van der Waals surface area (Å²) in [6.07, 6.45) is 2.42. The third kappa shape index (κ3) is 3.07. The van der Waals surface area contributed by atoms with E-state index in [4.69, 9.17) is 0 Å². The Kier molecular flexibility index (Phi) is 4.20. The molecule has 3 heteroatoms. The van der Waals surface area contributed by atoms with Gasteiger partial charge in [-0.2, -0.15) is 0 Å². The van der Waals surface area contributed by atoms with Crippen LogP contribution in [0.2, 0.25) is 0 Å². The molecule has 1 N–H and O–H groups in total. The summed E-state index contributed by atoms with van der Waals surface area (Å²) in [5.74, 6) is -0.667. The summed E-state index contributed by atoms with van der Waals surface area (Å²) in [7, 11) is 0. The van der Waals surface area contributed by atoms with E-state index in [0.29, 0.717) is 5.57 Å². The minimum Gasteiger partial charge on any atom is -0.289 e. The van der Waals surface area contributed by atoms with Crippen molar-refractivity contribution in [2.75, 3.05) is 0 Å². The Hall–Kier alpha value is -3.46. The number of carbonyl (C=O) groups excluding carboxylic acids is 2. The number of hydrogen-bond acceptors (Lipinski definition) is 2. The summed E-state index contributed by atoms with van der Waals surface area (Å²) in [6.45, 7) is 0. The molecule has 0 saturated heterocycles. The van der Waals surface area contributed by atoms with Gasteiger partial charge in [-0.1, -0.05) is 78.9 Å². The van der Waals surface area contributed by atoms with E-state index >= 15 is 0 Å². The first-order valence-electron chi connectivity index (χ1n) is 8.51. The third-order valence-corrected chi connectivity index (χ3v) is 4.55. The van der Waals surface area contributed by atoms with Crippen molar-refractivity contribution in [2.45, 2.75) is 6.42 Å². The van der Waals surface area contributed by atoms with Crippen molar-refractivity contribution in [2.24, 2.45) is 0 Å². The zero-order valence-electron chi connectivity index (χ0n) is 14.1. The number of hydrogen-bond donors (Lipinski definition) is 1. The fourth-order valence-corrected chi connectivity index (χ4v) is 3.32. The van der Waals surface area contributed by atoms with Crippen molar-refractivity contribution in [3.8, 4) is 11.1 Å². The number of imide groups is 1. The maximum absolute atomic E-state index is 11.2. The quantitative estimate of drug-likeness (QED) is 0.533. The summed E-state index contributed by atoms with van der Waals surface area (Å²) in [6, 6.07) is 26.4. The van der Waals surface area contributed by atoms with Crippen LogP contribution >= 0.6 is 0 Å². The minimum atomic E-state index is -0.344. The predicted molar refractivity (Wildman–Crippen MR) is 102 cm³/mol. The molecule has 2 aliphatic rings. The molecule has 1 heterocycles. The zero-order chi connectivity index (χ0) is 17.9. The molecule has 1 aliphatic heterocycles. The number of benzene rings is 3. The molecule has 0 aromatic heterocycles. The van der Waals surface area contributed by atoms with Gasteiger partial charge in [-0.25, -0.2) is 0 Å². The van der Waals surface area contributed by atoms with E-state index < -0.39 is 0 Å². The molecule has 5 rings (SSSR count). The molecular weight excluding hydrogens is 322 g/mol. The molecular formula is C23H17NO2. The largest absolute Gasteiger partial charge is 0.289 e. The Bertz CT molecular complexity index is 976. The molecule has 0 unspecified atom stereocenters. The fourth-order valence-electron chi connectivity index (χ4n) is 3.32. The van der Waals surface area contributed by atoms with Crippen LogP contribution in [0.4, 0.5) is 0 Å². The molecule has 3 aromatic carbocycles. The maximum Gasteiger partial charge on any atom is 0.258 e. The van der Waals surface area contributed by atoms with E-state index in [0.717, 1.165) is 12.0 Å². The zero-order valence-corrected chi connectivity index (χ0v) is 14.1. The van der Waals surface area contributed by atoms with Crippen LogP contribution < -0.4 is 5.32 Å². The van der Waals surface area contributed by atoms with Gasteiger partial charge in [0.2, 0.25) is 0 Å². The first kappa shape index (κ1) is 16.0. The van der Waals surface area contributed by atoms with Crippen molar-refractivity contribution in [1.29, 1.82) is 0 Å². The van der Waals surface area contributed by atoms with Crippen molar-refractivity contribution < 1.29 is 9.59 Å². The van der Waals surface area contributed by atoms with Gasteiger partial charge in [0.1, 0.15) is 0 Å². The topological polar surface area (TPSA) is 46.2 Å². The van der Waals surface area contributed by atoms with Crippen LogP contribution in [0.25, 0.3) is 16.7 Å². The van der Waals surface area contributed by atoms with E-state index in [1.54, 1.807) is 12.1 Å². The van der Waals surface area contributed by atoms with E-state index in [2.05, 4.69) is 53.8 Å². The molecule has 3 nitrogen and oxygen atoms in total. The standard InChI is InChI=1S/C13H10.C10H7NO2/c1-3-7-12-10(5-1)9-11-6-2-4-8-13(11)12;12-9-6-8(10(13)11-9)7-4-2-1-3-5-7/h1-8H,9H2;1-6H,(H,11,12,13). The molecule has 2 amide bonds. The first-order chi connectivity index (χ1) is 12.7. The molecule has 26 heavy (non-hydrogen) atoms. The van der Waals surface area contributed by atoms with Crippen LogP contribution in [-0.4, -0.2) is 11.8 Å². The van der Waals surface area contributed by atoms with Crippen molar-refractivity contribution in [3.05, 3.63) is 102 Å². The normalized spacial score (nSPS) is 13.9. The summed E-state index contributed by atoms with van der Waals surface area (Å²) in [5.41, 5.74) is 6.96. The molecule has 126 valence electrons. The van der Waals surface area contributed by atoms with Gasteiger partial charge in [-0.05, 0) is 34.2 Å². The smallest absolute Gasteiger partial charge is 0.258 e. The highest BCUT2D eigenvalue weighted by atomic mass is 16.2. The maximum atomic E-state index is 11.2. The molecule has 0 saturated carbocycles. The van der Waals surface area contributed by atoms with Gasteiger partial charge in [0.15, 0.2) is 0 Å². The number of nitrogens with one attached hydrogen (secondary N) is 1. The Balaban J connectivity index is 0.000000129. The lowest BCUT2D eigenvalue weighted by atomic mass is 10.1. The Morgan fingerprint density at radius 1 is 0.654 bits per heavy atom. The summed E-state index contributed by atoms with van der Waals surface area (Å²) in [5, 5.41) is 2.19.